The molecule has 1 N–H and O–H groups in total. The van der Waals surface area contributed by atoms with Gasteiger partial charge in [0.15, 0.2) is 5.13 Å². The van der Waals surface area contributed by atoms with Gasteiger partial charge in [-0.1, -0.05) is 29.5 Å². The molecule has 2 aromatic carbocycles. The fraction of sp³-hybridized carbons (Fsp3) is 0.0833. The molecule has 33 heavy (non-hydrogen) atoms. The topological polar surface area (TPSA) is 92.6 Å². The highest BCUT2D eigenvalue weighted by Gasteiger charge is 2.49. The number of thiazole rings is 1. The SMILES string of the molecule is COc1ccc2nc(N3C(=O)C(=O)C(=C(O)c4cccnc4)C3c3ccccc3F)sc2c1. The third-order valence-corrected chi connectivity index (χ3v) is 6.39. The first-order chi connectivity index (χ1) is 16.0. The Labute approximate surface area is 191 Å². The molecule has 1 atom stereocenters. The third kappa shape index (κ3) is 3.42. The minimum absolute atomic E-state index is 0.0685. The summed E-state index contributed by atoms with van der Waals surface area (Å²) in [6.45, 7) is 0. The van der Waals surface area contributed by atoms with E-state index in [1.54, 1.807) is 36.4 Å². The molecule has 164 valence electrons. The highest BCUT2D eigenvalue weighted by molar-refractivity contribution is 7.22. The smallest absolute Gasteiger partial charge is 0.301 e. The number of anilines is 1. The Morgan fingerprint density at radius 3 is 2.70 bits per heavy atom. The summed E-state index contributed by atoms with van der Waals surface area (Å²) in [4.78, 5) is 35.9. The number of aliphatic hydroxyl groups is 1. The van der Waals surface area contributed by atoms with Gasteiger partial charge in [-0.05, 0) is 36.4 Å². The Morgan fingerprint density at radius 1 is 1.15 bits per heavy atom. The van der Waals surface area contributed by atoms with Crippen molar-refractivity contribution in [2.24, 2.45) is 0 Å². The van der Waals surface area contributed by atoms with Crippen molar-refractivity contribution in [3.05, 3.63) is 89.5 Å². The van der Waals surface area contributed by atoms with E-state index in [1.807, 2.05) is 0 Å². The van der Waals surface area contributed by atoms with E-state index >= 15 is 0 Å². The summed E-state index contributed by atoms with van der Waals surface area (Å²) >= 11 is 1.17. The minimum atomic E-state index is -1.20. The second kappa shape index (κ2) is 8.10. The van der Waals surface area contributed by atoms with Gasteiger partial charge in [0.05, 0.1) is 22.9 Å². The van der Waals surface area contributed by atoms with Crippen LogP contribution < -0.4 is 9.64 Å². The number of rotatable bonds is 4. The monoisotopic (exact) mass is 461 g/mol. The maximum absolute atomic E-state index is 14.9. The van der Waals surface area contributed by atoms with Crippen LogP contribution in [0.1, 0.15) is 17.2 Å². The van der Waals surface area contributed by atoms with Crippen LogP contribution in [-0.2, 0) is 9.59 Å². The molecule has 1 unspecified atom stereocenters. The number of aliphatic hydroxyl groups excluding tert-OH is 1. The molecule has 2 aromatic heterocycles. The number of pyridine rings is 1. The van der Waals surface area contributed by atoms with Gasteiger partial charge in [-0.2, -0.15) is 0 Å². The molecule has 1 saturated heterocycles. The number of hydrogen-bond donors (Lipinski definition) is 1. The number of ether oxygens (including phenoxy) is 1. The second-order valence-electron chi connectivity index (χ2n) is 7.26. The number of amides is 1. The fourth-order valence-electron chi connectivity index (χ4n) is 3.80. The predicted octanol–water partition coefficient (Wildman–Crippen LogP) is 4.47. The van der Waals surface area contributed by atoms with E-state index in [-0.39, 0.29) is 21.8 Å². The highest BCUT2D eigenvalue weighted by Crippen LogP contribution is 2.45. The summed E-state index contributed by atoms with van der Waals surface area (Å²) in [5.74, 6) is -2.27. The Bertz CT molecular complexity index is 1430. The minimum Gasteiger partial charge on any atom is -0.507 e. The van der Waals surface area contributed by atoms with Gasteiger partial charge in [0.1, 0.15) is 23.4 Å². The largest absolute Gasteiger partial charge is 0.507 e. The van der Waals surface area contributed by atoms with E-state index in [0.29, 0.717) is 11.3 Å². The first-order valence-corrected chi connectivity index (χ1v) is 10.7. The molecule has 7 nitrogen and oxygen atoms in total. The van der Waals surface area contributed by atoms with Crippen LogP contribution in [0.25, 0.3) is 16.0 Å². The quantitative estimate of drug-likeness (QED) is 0.274. The lowest BCUT2D eigenvalue weighted by atomic mass is 9.95. The highest BCUT2D eigenvalue weighted by atomic mass is 32.1. The van der Waals surface area contributed by atoms with Crippen LogP contribution in [-0.4, -0.2) is 33.9 Å². The average Bonchev–Trinajstić information content (AvgIpc) is 3.37. The molecule has 0 aliphatic carbocycles. The third-order valence-electron chi connectivity index (χ3n) is 5.37. The predicted molar refractivity (Wildman–Crippen MR) is 122 cm³/mol. The number of carbonyl (C=O) groups excluding carboxylic acids is 2. The van der Waals surface area contributed by atoms with E-state index < -0.39 is 29.3 Å². The van der Waals surface area contributed by atoms with Crippen molar-refractivity contribution in [1.29, 1.82) is 0 Å². The van der Waals surface area contributed by atoms with Crippen molar-refractivity contribution in [3.63, 3.8) is 0 Å². The molecule has 3 heterocycles. The first kappa shape index (κ1) is 20.8. The summed E-state index contributed by atoms with van der Waals surface area (Å²) in [6.07, 6.45) is 2.88. The van der Waals surface area contributed by atoms with E-state index in [4.69, 9.17) is 4.74 Å². The normalized spacial score (nSPS) is 17.6. The van der Waals surface area contributed by atoms with Gasteiger partial charge in [-0.3, -0.25) is 19.5 Å². The number of ketones is 1. The molecule has 1 aliphatic heterocycles. The molecule has 1 aliphatic rings. The van der Waals surface area contributed by atoms with Gasteiger partial charge >= 0.3 is 5.91 Å². The van der Waals surface area contributed by atoms with Crippen molar-refractivity contribution in [2.45, 2.75) is 6.04 Å². The van der Waals surface area contributed by atoms with Crippen LogP contribution in [0.15, 0.2) is 72.6 Å². The zero-order valence-corrected chi connectivity index (χ0v) is 18.0. The number of fused-ring (bicyclic) bond motifs is 1. The van der Waals surface area contributed by atoms with Crippen LogP contribution in [0.5, 0.6) is 5.75 Å². The molecule has 0 spiro atoms. The number of Topliss-reactive ketones (excluding diaryl/α,β-unsaturated/α-hetero) is 1. The summed E-state index contributed by atoms with van der Waals surface area (Å²) < 4.78 is 20.9. The second-order valence-corrected chi connectivity index (χ2v) is 8.27. The standard InChI is InChI=1S/C24H16FN3O4S/c1-32-14-8-9-17-18(11-14)33-24(27-17)28-20(15-6-2-3-7-16(15)25)19(22(30)23(28)31)21(29)13-5-4-10-26-12-13/h2-12,20,29H,1H3. The Morgan fingerprint density at radius 2 is 1.97 bits per heavy atom. The molecule has 1 fully saturated rings. The van der Waals surface area contributed by atoms with Gasteiger partial charge in [-0.25, -0.2) is 9.37 Å². The molecule has 0 saturated carbocycles. The molecule has 0 radical (unpaired) electrons. The number of methoxy groups -OCH3 is 1. The molecule has 5 rings (SSSR count). The number of halogens is 1. The number of nitrogens with zero attached hydrogens (tertiary/aromatic N) is 3. The summed E-state index contributed by atoms with van der Waals surface area (Å²) in [5.41, 5.74) is 0.678. The Kier molecular flexibility index (Phi) is 5.10. The van der Waals surface area contributed by atoms with E-state index in [1.165, 1.54) is 49.0 Å². The van der Waals surface area contributed by atoms with E-state index in [0.717, 1.165) is 9.60 Å². The number of aromatic nitrogens is 2. The molecule has 4 aromatic rings. The van der Waals surface area contributed by atoms with Gasteiger partial charge < -0.3 is 9.84 Å². The van der Waals surface area contributed by atoms with Crippen LogP contribution in [0, 0.1) is 5.82 Å². The Balaban J connectivity index is 1.74. The zero-order valence-electron chi connectivity index (χ0n) is 17.2. The average molecular weight is 461 g/mol. The van der Waals surface area contributed by atoms with Crippen molar-refractivity contribution in [3.8, 4) is 5.75 Å². The summed E-state index contributed by atoms with van der Waals surface area (Å²) in [6, 6.07) is 13.0. The zero-order chi connectivity index (χ0) is 23.1. The Hall–Kier alpha value is -4.11. The lowest BCUT2D eigenvalue weighted by Gasteiger charge is -2.23. The van der Waals surface area contributed by atoms with Crippen molar-refractivity contribution in [1.82, 2.24) is 9.97 Å². The van der Waals surface area contributed by atoms with Crippen LogP contribution in [0.2, 0.25) is 0 Å². The molecule has 1 amide bonds. The maximum atomic E-state index is 14.9. The lowest BCUT2D eigenvalue weighted by Crippen LogP contribution is -2.29. The van der Waals surface area contributed by atoms with Crippen LogP contribution in [0.4, 0.5) is 9.52 Å². The van der Waals surface area contributed by atoms with Crippen molar-refractivity contribution < 1.29 is 23.8 Å². The number of hydrogen-bond acceptors (Lipinski definition) is 7. The molecular weight excluding hydrogens is 445 g/mol. The van der Waals surface area contributed by atoms with Crippen molar-refractivity contribution >= 4 is 44.1 Å². The van der Waals surface area contributed by atoms with Crippen LogP contribution in [0.3, 0.4) is 0 Å². The molecular formula is C24H16FN3O4S. The van der Waals surface area contributed by atoms with Gasteiger partial charge in [0.25, 0.3) is 5.78 Å². The summed E-state index contributed by atoms with van der Waals surface area (Å²) in [5, 5.41) is 11.2. The van der Waals surface area contributed by atoms with Gasteiger partial charge in [-0.15, -0.1) is 0 Å². The van der Waals surface area contributed by atoms with E-state index in [9.17, 15) is 19.1 Å². The molecule has 0 bridgehead atoms. The molecule has 9 heteroatoms. The fourth-order valence-corrected chi connectivity index (χ4v) is 4.82. The maximum Gasteiger partial charge on any atom is 0.301 e. The van der Waals surface area contributed by atoms with Gasteiger partial charge in [0.2, 0.25) is 0 Å². The summed E-state index contributed by atoms with van der Waals surface area (Å²) in [7, 11) is 1.54. The van der Waals surface area contributed by atoms with Gasteiger partial charge in [0, 0.05) is 23.5 Å². The number of benzene rings is 2. The number of carbonyl (C=O) groups is 2. The van der Waals surface area contributed by atoms with E-state index in [2.05, 4.69) is 9.97 Å². The first-order valence-electron chi connectivity index (χ1n) is 9.90. The van der Waals surface area contributed by atoms with Crippen molar-refractivity contribution in [2.75, 3.05) is 12.0 Å². The lowest BCUT2D eigenvalue weighted by molar-refractivity contribution is -0.132. The van der Waals surface area contributed by atoms with Crippen LogP contribution >= 0.6 is 11.3 Å².